The van der Waals surface area contributed by atoms with Crippen LogP contribution in [-0.2, 0) is 9.47 Å². The molecule has 1 aliphatic heterocycles. The predicted octanol–water partition coefficient (Wildman–Crippen LogP) is -0.484. The summed E-state index contributed by atoms with van der Waals surface area (Å²) in [5.41, 5.74) is 2.33. The van der Waals surface area contributed by atoms with Crippen molar-refractivity contribution >= 4 is 11.8 Å². The second-order valence-corrected chi connectivity index (χ2v) is 5.08. The van der Waals surface area contributed by atoms with Crippen LogP contribution in [-0.4, -0.2) is 56.7 Å². The topological polar surface area (TPSA) is 72.8 Å². The SMILES string of the molecule is COC(=O)c1c(C)[nH]c(C(=O)C[NH+]2CCOCC2)c1C. The Morgan fingerprint density at radius 2 is 1.95 bits per heavy atom. The average molecular weight is 281 g/mol. The Kier molecular flexibility index (Phi) is 4.57. The van der Waals surface area contributed by atoms with Crippen LogP contribution in [0.3, 0.4) is 0 Å². The lowest BCUT2D eigenvalue weighted by atomic mass is 10.1. The van der Waals surface area contributed by atoms with Crippen LogP contribution >= 0.6 is 0 Å². The van der Waals surface area contributed by atoms with Crippen molar-refractivity contribution in [1.29, 1.82) is 0 Å². The third kappa shape index (κ3) is 2.91. The minimum atomic E-state index is -0.408. The van der Waals surface area contributed by atoms with Gasteiger partial charge in [-0.25, -0.2) is 4.79 Å². The zero-order valence-corrected chi connectivity index (χ0v) is 12.2. The molecule has 20 heavy (non-hydrogen) atoms. The first kappa shape index (κ1) is 14.7. The highest BCUT2D eigenvalue weighted by molar-refractivity contribution is 6.01. The highest BCUT2D eigenvalue weighted by Gasteiger charge is 2.25. The number of carbonyl (C=O) groups excluding carboxylic acids is 2. The zero-order chi connectivity index (χ0) is 14.7. The Balaban J connectivity index is 2.15. The van der Waals surface area contributed by atoms with Gasteiger partial charge in [0.2, 0.25) is 5.78 Å². The van der Waals surface area contributed by atoms with Gasteiger partial charge in [0.15, 0.2) is 0 Å². The summed E-state index contributed by atoms with van der Waals surface area (Å²) < 4.78 is 10.0. The summed E-state index contributed by atoms with van der Waals surface area (Å²) >= 11 is 0. The summed E-state index contributed by atoms with van der Waals surface area (Å²) in [4.78, 5) is 28.3. The van der Waals surface area contributed by atoms with Crippen molar-refractivity contribution < 1.29 is 24.0 Å². The monoisotopic (exact) mass is 281 g/mol. The smallest absolute Gasteiger partial charge is 0.339 e. The number of carbonyl (C=O) groups is 2. The molecule has 110 valence electrons. The van der Waals surface area contributed by atoms with Crippen LogP contribution in [0.4, 0.5) is 0 Å². The lowest BCUT2D eigenvalue weighted by Gasteiger charge is -2.22. The number of ketones is 1. The number of esters is 1. The first-order chi connectivity index (χ1) is 9.54. The van der Waals surface area contributed by atoms with E-state index in [9.17, 15) is 9.59 Å². The average Bonchev–Trinajstić information content (AvgIpc) is 2.74. The number of aromatic nitrogens is 1. The maximum atomic E-state index is 12.4. The molecule has 0 bridgehead atoms. The minimum absolute atomic E-state index is 0.0256. The number of nitrogens with one attached hydrogen (secondary N) is 2. The molecule has 6 heteroatoms. The number of morpholine rings is 1. The van der Waals surface area contributed by atoms with Crippen LogP contribution in [0.1, 0.15) is 32.1 Å². The van der Waals surface area contributed by atoms with Crippen molar-refractivity contribution in [2.75, 3.05) is 40.0 Å². The first-order valence-electron chi connectivity index (χ1n) is 6.76. The number of H-pyrrole nitrogens is 1. The molecule has 1 aromatic heterocycles. The molecule has 0 radical (unpaired) electrons. The Hall–Kier alpha value is -1.66. The fourth-order valence-corrected chi connectivity index (χ4v) is 2.59. The Morgan fingerprint density at radius 3 is 2.55 bits per heavy atom. The van der Waals surface area contributed by atoms with Crippen molar-refractivity contribution in [2.24, 2.45) is 0 Å². The number of hydrogen-bond acceptors (Lipinski definition) is 4. The fraction of sp³-hybridized carbons (Fsp3) is 0.571. The van der Waals surface area contributed by atoms with Crippen molar-refractivity contribution in [2.45, 2.75) is 13.8 Å². The Labute approximate surface area is 118 Å². The molecule has 0 aliphatic carbocycles. The first-order valence-corrected chi connectivity index (χ1v) is 6.76. The van der Waals surface area contributed by atoms with E-state index in [1.807, 2.05) is 0 Å². The molecular formula is C14H21N2O4+. The summed E-state index contributed by atoms with van der Waals surface area (Å²) in [6, 6.07) is 0. The van der Waals surface area contributed by atoms with Gasteiger partial charge in [-0.15, -0.1) is 0 Å². The second kappa shape index (κ2) is 6.19. The molecule has 6 nitrogen and oxygen atoms in total. The molecule has 1 saturated heterocycles. The lowest BCUT2D eigenvalue weighted by Crippen LogP contribution is -3.14. The molecular weight excluding hydrogens is 260 g/mol. The lowest BCUT2D eigenvalue weighted by molar-refractivity contribution is -0.899. The predicted molar refractivity (Wildman–Crippen MR) is 72.3 cm³/mol. The molecule has 2 N–H and O–H groups in total. The van der Waals surface area contributed by atoms with Gasteiger partial charge >= 0.3 is 5.97 Å². The molecule has 0 amide bonds. The van der Waals surface area contributed by atoms with Crippen LogP contribution < -0.4 is 4.90 Å². The van der Waals surface area contributed by atoms with E-state index in [4.69, 9.17) is 9.47 Å². The van der Waals surface area contributed by atoms with E-state index in [1.165, 1.54) is 12.0 Å². The van der Waals surface area contributed by atoms with E-state index >= 15 is 0 Å². The maximum absolute atomic E-state index is 12.4. The number of aryl methyl sites for hydroxylation is 1. The van der Waals surface area contributed by atoms with Crippen molar-refractivity contribution in [3.8, 4) is 0 Å². The van der Waals surface area contributed by atoms with Gasteiger partial charge in [0.1, 0.15) is 19.6 Å². The van der Waals surface area contributed by atoms with E-state index in [0.717, 1.165) is 13.1 Å². The molecule has 0 unspecified atom stereocenters. The van der Waals surface area contributed by atoms with Gasteiger partial charge in [0.25, 0.3) is 0 Å². The normalized spacial score (nSPS) is 16.1. The van der Waals surface area contributed by atoms with Crippen LogP contribution in [0, 0.1) is 13.8 Å². The van der Waals surface area contributed by atoms with Gasteiger partial charge in [0, 0.05) is 5.69 Å². The van der Waals surface area contributed by atoms with Crippen LogP contribution in [0.5, 0.6) is 0 Å². The molecule has 1 fully saturated rings. The molecule has 2 heterocycles. The van der Waals surface area contributed by atoms with Gasteiger partial charge in [-0.3, -0.25) is 4.79 Å². The fourth-order valence-electron chi connectivity index (χ4n) is 2.59. The molecule has 0 atom stereocenters. The number of ether oxygens (including phenoxy) is 2. The number of hydrogen-bond donors (Lipinski definition) is 2. The highest BCUT2D eigenvalue weighted by atomic mass is 16.5. The van der Waals surface area contributed by atoms with Gasteiger partial charge in [0.05, 0.1) is 31.6 Å². The zero-order valence-electron chi connectivity index (χ0n) is 12.2. The standard InChI is InChI=1S/C14H20N2O4/c1-9-12(14(18)19-3)10(2)15-13(9)11(17)8-16-4-6-20-7-5-16/h15H,4-8H2,1-3H3/p+1. The third-order valence-corrected chi connectivity index (χ3v) is 3.72. The van der Waals surface area contributed by atoms with Gasteiger partial charge < -0.3 is 19.4 Å². The number of Topliss-reactive ketones (excluding diaryl/α,β-unsaturated/α-hetero) is 1. The number of rotatable bonds is 4. The van der Waals surface area contributed by atoms with Crippen LogP contribution in [0.15, 0.2) is 0 Å². The molecule has 1 aliphatic rings. The second-order valence-electron chi connectivity index (χ2n) is 5.08. The van der Waals surface area contributed by atoms with Crippen LogP contribution in [0.25, 0.3) is 0 Å². The van der Waals surface area contributed by atoms with Crippen LogP contribution in [0.2, 0.25) is 0 Å². The highest BCUT2D eigenvalue weighted by Crippen LogP contribution is 2.18. The number of quaternary nitrogens is 1. The van der Waals surface area contributed by atoms with Crippen molar-refractivity contribution in [3.05, 3.63) is 22.5 Å². The number of methoxy groups -OCH3 is 1. The Morgan fingerprint density at radius 1 is 1.30 bits per heavy atom. The summed E-state index contributed by atoms with van der Waals surface area (Å²) in [5.74, 6) is -0.383. The largest absolute Gasteiger partial charge is 0.465 e. The summed E-state index contributed by atoms with van der Waals surface area (Å²) in [6.45, 7) is 7.04. The third-order valence-electron chi connectivity index (χ3n) is 3.72. The maximum Gasteiger partial charge on any atom is 0.339 e. The molecule has 2 rings (SSSR count). The van der Waals surface area contributed by atoms with E-state index in [0.29, 0.717) is 42.3 Å². The van der Waals surface area contributed by atoms with E-state index in [-0.39, 0.29) is 5.78 Å². The van der Waals surface area contributed by atoms with Crippen molar-refractivity contribution in [3.63, 3.8) is 0 Å². The number of aromatic amines is 1. The summed E-state index contributed by atoms with van der Waals surface area (Å²) in [7, 11) is 1.34. The van der Waals surface area contributed by atoms with E-state index in [2.05, 4.69) is 4.98 Å². The van der Waals surface area contributed by atoms with Crippen molar-refractivity contribution in [1.82, 2.24) is 4.98 Å². The summed E-state index contributed by atoms with van der Waals surface area (Å²) in [6.07, 6.45) is 0. The van der Waals surface area contributed by atoms with Gasteiger partial charge in [-0.2, -0.15) is 0 Å². The summed E-state index contributed by atoms with van der Waals surface area (Å²) in [5, 5.41) is 0. The minimum Gasteiger partial charge on any atom is -0.465 e. The van der Waals surface area contributed by atoms with Gasteiger partial charge in [-0.1, -0.05) is 0 Å². The van der Waals surface area contributed by atoms with E-state index < -0.39 is 5.97 Å². The molecule has 0 aromatic carbocycles. The molecule has 0 spiro atoms. The molecule has 0 saturated carbocycles. The van der Waals surface area contributed by atoms with Gasteiger partial charge in [-0.05, 0) is 19.4 Å². The quantitative estimate of drug-likeness (QED) is 0.577. The molecule has 1 aromatic rings. The van der Waals surface area contributed by atoms with E-state index in [1.54, 1.807) is 13.8 Å². The Bertz CT molecular complexity index is 515.